The van der Waals surface area contributed by atoms with E-state index in [1.165, 1.54) is 0 Å². The monoisotopic (exact) mass is 257 g/mol. The number of hydrogen-bond acceptors (Lipinski definition) is 2. The van der Waals surface area contributed by atoms with E-state index < -0.39 is 12.1 Å². The Kier molecular flexibility index (Phi) is 5.25. The Bertz CT molecular complexity index is 380. The lowest BCUT2D eigenvalue weighted by atomic mass is 9.99. The number of rotatable bonds is 5. The van der Waals surface area contributed by atoms with Crippen LogP contribution >= 0.6 is 11.6 Å². The third-order valence-corrected chi connectivity index (χ3v) is 2.94. The molecule has 0 aliphatic rings. The zero-order chi connectivity index (χ0) is 12.8. The van der Waals surface area contributed by atoms with Crippen LogP contribution in [0.2, 0.25) is 5.02 Å². The largest absolute Gasteiger partial charge is 0.465 e. The zero-order valence-electron chi connectivity index (χ0n) is 9.81. The van der Waals surface area contributed by atoms with E-state index in [-0.39, 0.29) is 6.10 Å². The van der Waals surface area contributed by atoms with Gasteiger partial charge in [-0.25, -0.2) is 4.79 Å². The summed E-state index contributed by atoms with van der Waals surface area (Å²) in [5.74, 6) is 0. The summed E-state index contributed by atoms with van der Waals surface area (Å²) in [6.45, 7) is 1.93. The number of methoxy groups -OCH3 is 1. The van der Waals surface area contributed by atoms with E-state index in [2.05, 4.69) is 5.32 Å². The molecule has 0 saturated heterocycles. The van der Waals surface area contributed by atoms with Crippen molar-refractivity contribution >= 4 is 17.7 Å². The molecule has 2 unspecified atom stereocenters. The van der Waals surface area contributed by atoms with Crippen LogP contribution in [0.15, 0.2) is 24.3 Å². The van der Waals surface area contributed by atoms with Crippen LogP contribution in [-0.4, -0.2) is 24.4 Å². The van der Waals surface area contributed by atoms with E-state index in [1.54, 1.807) is 25.3 Å². The molecule has 0 bridgehead atoms. The van der Waals surface area contributed by atoms with Crippen molar-refractivity contribution in [2.75, 3.05) is 7.11 Å². The van der Waals surface area contributed by atoms with Crippen molar-refractivity contribution in [3.8, 4) is 0 Å². The second kappa shape index (κ2) is 6.47. The average Bonchev–Trinajstić information content (AvgIpc) is 2.29. The fourth-order valence-electron chi connectivity index (χ4n) is 1.77. The number of halogens is 1. The molecule has 0 aromatic heterocycles. The van der Waals surface area contributed by atoms with Crippen LogP contribution < -0.4 is 5.32 Å². The lowest BCUT2D eigenvalue weighted by Gasteiger charge is -2.26. The third kappa shape index (κ3) is 3.61. The molecule has 0 fully saturated rings. The van der Waals surface area contributed by atoms with Crippen molar-refractivity contribution < 1.29 is 14.6 Å². The highest BCUT2D eigenvalue weighted by Crippen LogP contribution is 2.27. The normalized spacial score (nSPS) is 14.1. The predicted molar refractivity (Wildman–Crippen MR) is 66.4 cm³/mol. The van der Waals surface area contributed by atoms with E-state index in [0.29, 0.717) is 11.4 Å². The SMILES string of the molecule is CCC(OC)C(NC(=O)O)c1ccccc1Cl. The van der Waals surface area contributed by atoms with Crippen molar-refractivity contribution in [2.24, 2.45) is 0 Å². The molecule has 4 nitrogen and oxygen atoms in total. The van der Waals surface area contributed by atoms with Gasteiger partial charge in [0.25, 0.3) is 0 Å². The molecule has 17 heavy (non-hydrogen) atoms. The molecule has 0 aliphatic heterocycles. The standard InChI is InChI=1S/C12H16ClNO3/c1-3-10(17-2)11(14-12(15)16)8-6-4-5-7-9(8)13/h4-7,10-11,14H,3H2,1-2H3,(H,15,16). The van der Waals surface area contributed by atoms with Gasteiger partial charge in [-0.1, -0.05) is 36.7 Å². The Labute approximate surface area is 106 Å². The molecule has 0 heterocycles. The summed E-state index contributed by atoms with van der Waals surface area (Å²) in [6, 6.07) is 6.69. The summed E-state index contributed by atoms with van der Waals surface area (Å²) in [4.78, 5) is 10.8. The number of benzene rings is 1. The molecule has 94 valence electrons. The summed E-state index contributed by atoms with van der Waals surface area (Å²) >= 11 is 6.07. The van der Waals surface area contributed by atoms with E-state index in [4.69, 9.17) is 21.4 Å². The molecule has 1 aromatic carbocycles. The molecular weight excluding hydrogens is 242 g/mol. The van der Waals surface area contributed by atoms with Gasteiger partial charge in [0.2, 0.25) is 0 Å². The maximum atomic E-state index is 10.8. The summed E-state index contributed by atoms with van der Waals surface area (Å²) < 4.78 is 5.29. The van der Waals surface area contributed by atoms with Gasteiger partial charge in [-0.2, -0.15) is 0 Å². The van der Waals surface area contributed by atoms with Crippen LogP contribution in [0.25, 0.3) is 0 Å². The van der Waals surface area contributed by atoms with Gasteiger partial charge >= 0.3 is 6.09 Å². The van der Waals surface area contributed by atoms with E-state index in [9.17, 15) is 4.79 Å². The van der Waals surface area contributed by atoms with Gasteiger partial charge in [-0.05, 0) is 18.1 Å². The van der Waals surface area contributed by atoms with E-state index >= 15 is 0 Å². The molecule has 2 atom stereocenters. The Morgan fingerprint density at radius 2 is 2.18 bits per heavy atom. The number of carboxylic acid groups (broad SMARTS) is 1. The van der Waals surface area contributed by atoms with Crippen molar-refractivity contribution in [3.05, 3.63) is 34.9 Å². The van der Waals surface area contributed by atoms with Gasteiger partial charge in [-0.3, -0.25) is 0 Å². The zero-order valence-corrected chi connectivity index (χ0v) is 10.6. The van der Waals surface area contributed by atoms with Crippen LogP contribution in [0.3, 0.4) is 0 Å². The fourth-order valence-corrected chi connectivity index (χ4v) is 2.02. The number of ether oxygens (including phenoxy) is 1. The van der Waals surface area contributed by atoms with Crippen LogP contribution in [0.5, 0.6) is 0 Å². The van der Waals surface area contributed by atoms with Gasteiger partial charge in [-0.15, -0.1) is 0 Å². The Balaban J connectivity index is 3.05. The topological polar surface area (TPSA) is 58.6 Å². The fraction of sp³-hybridized carbons (Fsp3) is 0.417. The first-order chi connectivity index (χ1) is 8.10. The number of nitrogens with one attached hydrogen (secondary N) is 1. The first-order valence-corrected chi connectivity index (χ1v) is 5.74. The van der Waals surface area contributed by atoms with Crippen LogP contribution in [0, 0.1) is 0 Å². The molecule has 0 aliphatic carbocycles. The van der Waals surface area contributed by atoms with E-state index in [1.807, 2.05) is 13.0 Å². The van der Waals surface area contributed by atoms with Crippen molar-refractivity contribution in [2.45, 2.75) is 25.5 Å². The molecule has 0 saturated carbocycles. The first kappa shape index (κ1) is 13.8. The van der Waals surface area contributed by atoms with Gasteiger partial charge in [0.05, 0.1) is 12.1 Å². The quantitative estimate of drug-likeness (QED) is 0.852. The molecule has 1 amide bonds. The Morgan fingerprint density at radius 3 is 2.65 bits per heavy atom. The first-order valence-electron chi connectivity index (χ1n) is 5.36. The average molecular weight is 258 g/mol. The van der Waals surface area contributed by atoms with Crippen LogP contribution in [0.1, 0.15) is 24.9 Å². The summed E-state index contributed by atoms with van der Waals surface area (Å²) in [6.07, 6.45) is -0.649. The second-order valence-corrected chi connectivity index (χ2v) is 4.04. The molecule has 0 spiro atoms. The van der Waals surface area contributed by atoms with Crippen molar-refractivity contribution in [1.29, 1.82) is 0 Å². The summed E-state index contributed by atoms with van der Waals surface area (Å²) in [5, 5.41) is 11.8. The smallest absolute Gasteiger partial charge is 0.405 e. The molecule has 1 rings (SSSR count). The third-order valence-electron chi connectivity index (χ3n) is 2.60. The highest BCUT2D eigenvalue weighted by Gasteiger charge is 2.25. The molecule has 5 heteroatoms. The summed E-state index contributed by atoms with van der Waals surface area (Å²) in [5.41, 5.74) is 0.727. The van der Waals surface area contributed by atoms with E-state index in [0.717, 1.165) is 5.56 Å². The highest BCUT2D eigenvalue weighted by atomic mass is 35.5. The number of amides is 1. The van der Waals surface area contributed by atoms with Gasteiger partial charge in [0.15, 0.2) is 0 Å². The minimum absolute atomic E-state index is 0.244. The van der Waals surface area contributed by atoms with Crippen molar-refractivity contribution in [1.82, 2.24) is 5.32 Å². The van der Waals surface area contributed by atoms with Gasteiger partial charge in [0, 0.05) is 12.1 Å². The lowest BCUT2D eigenvalue weighted by Crippen LogP contribution is -2.36. The Hall–Kier alpha value is -1.26. The minimum Gasteiger partial charge on any atom is -0.465 e. The predicted octanol–water partition coefficient (Wildman–Crippen LogP) is 3.07. The number of carbonyl (C=O) groups is 1. The second-order valence-electron chi connectivity index (χ2n) is 3.63. The van der Waals surface area contributed by atoms with Gasteiger partial charge in [0.1, 0.15) is 0 Å². The maximum absolute atomic E-state index is 10.8. The molecule has 1 aromatic rings. The molecule has 0 radical (unpaired) electrons. The molecular formula is C12H16ClNO3. The highest BCUT2D eigenvalue weighted by molar-refractivity contribution is 6.31. The van der Waals surface area contributed by atoms with Crippen LogP contribution in [0.4, 0.5) is 4.79 Å². The van der Waals surface area contributed by atoms with Crippen molar-refractivity contribution in [3.63, 3.8) is 0 Å². The lowest BCUT2D eigenvalue weighted by molar-refractivity contribution is 0.0643. The minimum atomic E-state index is -1.09. The maximum Gasteiger partial charge on any atom is 0.405 e. The van der Waals surface area contributed by atoms with Crippen LogP contribution in [-0.2, 0) is 4.74 Å². The number of hydrogen-bond donors (Lipinski definition) is 2. The Morgan fingerprint density at radius 1 is 1.53 bits per heavy atom. The van der Waals surface area contributed by atoms with Gasteiger partial charge < -0.3 is 15.2 Å². The summed E-state index contributed by atoms with van der Waals surface area (Å²) in [7, 11) is 1.56. The molecule has 2 N–H and O–H groups in total.